The highest BCUT2D eigenvalue weighted by Crippen LogP contribution is 2.17. The van der Waals surface area contributed by atoms with Gasteiger partial charge in [-0.1, -0.05) is 12.1 Å². The predicted octanol–water partition coefficient (Wildman–Crippen LogP) is 1.75. The first kappa shape index (κ1) is 19.3. The number of carbonyl (C=O) groups is 2. The molecule has 0 saturated heterocycles. The van der Waals surface area contributed by atoms with Gasteiger partial charge in [0.1, 0.15) is 0 Å². The summed E-state index contributed by atoms with van der Waals surface area (Å²) in [6.07, 6.45) is 4.35. The summed E-state index contributed by atoms with van der Waals surface area (Å²) in [6, 6.07) is 5.40. The van der Waals surface area contributed by atoms with Crippen LogP contribution in [0.5, 0.6) is 0 Å². The average molecular weight is 383 g/mol. The maximum Gasteiger partial charge on any atom is 0.331 e. The Morgan fingerprint density at radius 3 is 2.75 bits per heavy atom. The monoisotopic (exact) mass is 383 g/mol. The zero-order valence-corrected chi connectivity index (χ0v) is 15.8. The Hall–Kier alpha value is -3.49. The van der Waals surface area contributed by atoms with Crippen molar-refractivity contribution in [3.63, 3.8) is 0 Å². The van der Waals surface area contributed by atoms with Gasteiger partial charge in [-0.25, -0.2) is 9.78 Å². The summed E-state index contributed by atoms with van der Waals surface area (Å²) in [5.41, 5.74) is 0.532. The van der Waals surface area contributed by atoms with Crippen molar-refractivity contribution >= 4 is 28.5 Å². The Morgan fingerprint density at radius 1 is 1.29 bits per heavy atom. The first-order valence-corrected chi connectivity index (χ1v) is 8.73. The number of carboxylic acids is 1. The largest absolute Gasteiger partial charge is 0.479 e. The molecule has 2 N–H and O–H groups in total. The van der Waals surface area contributed by atoms with Gasteiger partial charge < -0.3 is 10.4 Å². The third kappa shape index (κ3) is 3.64. The molecular formula is C19H21N5O4. The SMILES string of the molecule is Cc1cccc2c(=O)n(CCC(=O)Nc3cnn(C(C)(C)C(=O)O)c3)cnc12. The molecule has 0 unspecified atom stereocenters. The van der Waals surface area contributed by atoms with Gasteiger partial charge in [0, 0.05) is 19.2 Å². The maximum absolute atomic E-state index is 12.6. The number of benzene rings is 1. The zero-order valence-electron chi connectivity index (χ0n) is 15.8. The number of anilines is 1. The van der Waals surface area contributed by atoms with Crippen molar-refractivity contribution in [1.82, 2.24) is 19.3 Å². The maximum atomic E-state index is 12.6. The number of carboxylic acid groups (broad SMARTS) is 1. The molecule has 146 valence electrons. The highest BCUT2D eigenvalue weighted by molar-refractivity contribution is 5.90. The third-order valence-electron chi connectivity index (χ3n) is 4.60. The molecule has 1 amide bonds. The van der Waals surface area contributed by atoms with E-state index in [0.717, 1.165) is 5.56 Å². The second-order valence-corrected chi connectivity index (χ2v) is 7.05. The van der Waals surface area contributed by atoms with Crippen molar-refractivity contribution < 1.29 is 14.7 Å². The van der Waals surface area contributed by atoms with Crippen molar-refractivity contribution in [3.8, 4) is 0 Å². The lowest BCUT2D eigenvalue weighted by molar-refractivity contribution is -0.146. The van der Waals surface area contributed by atoms with Gasteiger partial charge in [-0.3, -0.25) is 18.8 Å². The number of aromatic nitrogens is 4. The lowest BCUT2D eigenvalue weighted by atomic mass is 10.1. The first-order chi connectivity index (χ1) is 13.2. The molecule has 9 heteroatoms. The normalized spacial score (nSPS) is 11.5. The molecule has 0 saturated carbocycles. The Morgan fingerprint density at radius 2 is 2.04 bits per heavy atom. The highest BCUT2D eigenvalue weighted by atomic mass is 16.4. The Balaban J connectivity index is 1.68. The Bertz CT molecular complexity index is 1110. The molecule has 3 rings (SSSR count). The van der Waals surface area contributed by atoms with Crippen molar-refractivity contribution in [2.45, 2.75) is 39.3 Å². The summed E-state index contributed by atoms with van der Waals surface area (Å²) < 4.78 is 2.67. The van der Waals surface area contributed by atoms with Crippen LogP contribution in [0.1, 0.15) is 25.8 Å². The second-order valence-electron chi connectivity index (χ2n) is 7.05. The van der Waals surface area contributed by atoms with Gasteiger partial charge in [-0.15, -0.1) is 0 Å². The van der Waals surface area contributed by atoms with Crippen molar-refractivity contribution in [3.05, 3.63) is 52.8 Å². The third-order valence-corrected chi connectivity index (χ3v) is 4.60. The standard InChI is InChI=1S/C19H21N5O4/c1-12-5-4-6-14-16(12)20-11-23(17(14)26)8-7-15(25)22-13-9-21-24(10-13)19(2,3)18(27)28/h4-6,9-11H,7-8H2,1-3H3,(H,22,25)(H,27,28). The van der Waals surface area contributed by atoms with Crippen LogP contribution in [0.15, 0.2) is 41.7 Å². The van der Waals surface area contributed by atoms with Crippen LogP contribution in [-0.2, 0) is 21.7 Å². The Kier molecular flexibility index (Phi) is 5.00. The van der Waals surface area contributed by atoms with Crippen LogP contribution in [0.3, 0.4) is 0 Å². The summed E-state index contributed by atoms with van der Waals surface area (Å²) in [5.74, 6) is -1.35. The molecule has 9 nitrogen and oxygen atoms in total. The average Bonchev–Trinajstić information content (AvgIpc) is 3.11. The van der Waals surface area contributed by atoms with E-state index >= 15 is 0 Å². The van der Waals surface area contributed by atoms with Crippen LogP contribution in [-0.4, -0.2) is 36.3 Å². The zero-order chi connectivity index (χ0) is 20.5. The molecule has 1 aromatic carbocycles. The molecule has 0 bridgehead atoms. The van der Waals surface area contributed by atoms with E-state index in [-0.39, 0.29) is 24.4 Å². The molecule has 0 aliphatic carbocycles. The van der Waals surface area contributed by atoms with Crippen molar-refractivity contribution in [2.75, 3.05) is 5.32 Å². The topological polar surface area (TPSA) is 119 Å². The van der Waals surface area contributed by atoms with Gasteiger partial charge >= 0.3 is 5.97 Å². The van der Waals surface area contributed by atoms with Crippen LogP contribution in [0.4, 0.5) is 5.69 Å². The quantitative estimate of drug-likeness (QED) is 0.669. The lowest BCUT2D eigenvalue weighted by Crippen LogP contribution is -2.35. The summed E-state index contributed by atoms with van der Waals surface area (Å²) >= 11 is 0. The molecule has 28 heavy (non-hydrogen) atoms. The van der Waals surface area contributed by atoms with Crippen LogP contribution < -0.4 is 10.9 Å². The smallest absolute Gasteiger partial charge is 0.331 e. The summed E-state index contributed by atoms with van der Waals surface area (Å²) in [4.78, 5) is 40.3. The van der Waals surface area contributed by atoms with E-state index < -0.39 is 11.5 Å². The van der Waals surface area contributed by atoms with E-state index in [1.54, 1.807) is 12.1 Å². The number of nitrogens with one attached hydrogen (secondary N) is 1. The molecule has 0 atom stereocenters. The van der Waals surface area contributed by atoms with Gasteiger partial charge in [0.2, 0.25) is 5.91 Å². The van der Waals surface area contributed by atoms with E-state index in [0.29, 0.717) is 16.6 Å². The summed E-state index contributed by atoms with van der Waals surface area (Å²) in [7, 11) is 0. The molecule has 0 fully saturated rings. The predicted molar refractivity (Wildman–Crippen MR) is 103 cm³/mol. The van der Waals surface area contributed by atoms with Gasteiger partial charge in [-0.05, 0) is 32.4 Å². The van der Waals surface area contributed by atoms with E-state index in [9.17, 15) is 19.5 Å². The lowest BCUT2D eigenvalue weighted by Gasteiger charge is -2.19. The van der Waals surface area contributed by atoms with E-state index in [2.05, 4.69) is 15.4 Å². The number of nitrogens with zero attached hydrogens (tertiary/aromatic N) is 4. The van der Waals surface area contributed by atoms with Crippen LogP contribution in [0, 0.1) is 6.92 Å². The van der Waals surface area contributed by atoms with E-state index in [1.165, 1.54) is 41.8 Å². The van der Waals surface area contributed by atoms with Crippen LogP contribution in [0.25, 0.3) is 10.9 Å². The second kappa shape index (κ2) is 7.26. The number of amides is 1. The molecule has 2 heterocycles. The van der Waals surface area contributed by atoms with E-state index in [4.69, 9.17) is 0 Å². The fourth-order valence-electron chi connectivity index (χ4n) is 2.73. The molecule has 0 radical (unpaired) electrons. The number of aliphatic carboxylic acids is 1. The number of para-hydroxylation sites is 1. The number of hydrogen-bond acceptors (Lipinski definition) is 5. The molecule has 0 aliphatic heterocycles. The fraction of sp³-hybridized carbons (Fsp3) is 0.316. The van der Waals surface area contributed by atoms with Gasteiger partial charge in [0.05, 0.1) is 29.1 Å². The summed E-state index contributed by atoms with van der Waals surface area (Å²) in [5, 5.41) is 16.4. The number of rotatable bonds is 6. The van der Waals surface area contributed by atoms with Crippen molar-refractivity contribution in [2.24, 2.45) is 0 Å². The number of aryl methyl sites for hydroxylation is 2. The number of fused-ring (bicyclic) bond motifs is 1. The molecule has 0 aliphatic rings. The van der Waals surface area contributed by atoms with Crippen LogP contribution in [0.2, 0.25) is 0 Å². The minimum Gasteiger partial charge on any atom is -0.479 e. The molecular weight excluding hydrogens is 362 g/mol. The minimum atomic E-state index is -1.23. The molecule has 0 spiro atoms. The van der Waals surface area contributed by atoms with Crippen LogP contribution >= 0.6 is 0 Å². The van der Waals surface area contributed by atoms with Crippen molar-refractivity contribution in [1.29, 1.82) is 0 Å². The molecule has 2 aromatic heterocycles. The van der Waals surface area contributed by atoms with Gasteiger partial charge in [-0.2, -0.15) is 5.10 Å². The van der Waals surface area contributed by atoms with Gasteiger partial charge in [0.15, 0.2) is 5.54 Å². The summed E-state index contributed by atoms with van der Waals surface area (Å²) in [6.45, 7) is 5.08. The van der Waals surface area contributed by atoms with Gasteiger partial charge in [0.25, 0.3) is 5.56 Å². The Labute approximate surface area is 160 Å². The minimum absolute atomic E-state index is 0.0619. The van der Waals surface area contributed by atoms with E-state index in [1.807, 2.05) is 13.0 Å². The first-order valence-electron chi connectivity index (χ1n) is 8.73. The number of carbonyl (C=O) groups excluding carboxylic acids is 1. The molecule has 3 aromatic rings. The highest BCUT2D eigenvalue weighted by Gasteiger charge is 2.30. The number of hydrogen-bond donors (Lipinski definition) is 2. The fourth-order valence-corrected chi connectivity index (χ4v) is 2.73.